The van der Waals surface area contributed by atoms with Crippen LogP contribution in [0.5, 0.6) is 0 Å². The van der Waals surface area contributed by atoms with Gasteiger partial charge >= 0.3 is 5.97 Å². The van der Waals surface area contributed by atoms with E-state index in [1.807, 2.05) is 37.3 Å². The van der Waals surface area contributed by atoms with Crippen LogP contribution in [-0.4, -0.2) is 37.1 Å². The fourth-order valence-electron chi connectivity index (χ4n) is 2.95. The van der Waals surface area contributed by atoms with E-state index in [0.29, 0.717) is 12.8 Å². The first-order valence-corrected chi connectivity index (χ1v) is 9.73. The van der Waals surface area contributed by atoms with E-state index in [1.54, 1.807) is 12.1 Å². The number of carboxylic acids is 1. The number of aliphatic carboxylic acids is 1. The summed E-state index contributed by atoms with van der Waals surface area (Å²) < 4.78 is 29.6. The van der Waals surface area contributed by atoms with Gasteiger partial charge in [-0.2, -0.15) is 8.42 Å². The first-order chi connectivity index (χ1) is 12.3. The Labute approximate surface area is 153 Å². The molecule has 1 saturated heterocycles. The highest BCUT2D eigenvalue weighted by Gasteiger charge is 2.40. The number of carbonyl (C=O) groups is 1. The zero-order valence-corrected chi connectivity index (χ0v) is 15.4. The van der Waals surface area contributed by atoms with Gasteiger partial charge in [-0.05, 0) is 50.6 Å². The van der Waals surface area contributed by atoms with E-state index in [1.165, 1.54) is 12.1 Å². The van der Waals surface area contributed by atoms with Crippen molar-refractivity contribution in [1.29, 1.82) is 0 Å². The van der Waals surface area contributed by atoms with Gasteiger partial charge in [0.25, 0.3) is 10.1 Å². The van der Waals surface area contributed by atoms with Crippen molar-refractivity contribution in [3.05, 3.63) is 65.7 Å². The highest BCUT2D eigenvalue weighted by molar-refractivity contribution is 7.85. The minimum atomic E-state index is -4.02. The number of hydrogen-bond acceptors (Lipinski definition) is 4. The summed E-state index contributed by atoms with van der Waals surface area (Å²) >= 11 is 0. The minimum Gasteiger partial charge on any atom is -0.481 e. The van der Waals surface area contributed by atoms with E-state index in [0.717, 1.165) is 24.2 Å². The summed E-state index contributed by atoms with van der Waals surface area (Å²) in [6.45, 7) is 3.40. The number of nitrogens with one attached hydrogen (secondary N) is 1. The Kier molecular flexibility index (Phi) is 6.52. The summed E-state index contributed by atoms with van der Waals surface area (Å²) in [7, 11) is -4.02. The van der Waals surface area contributed by atoms with Gasteiger partial charge in [0.2, 0.25) is 0 Å². The molecule has 0 amide bonds. The van der Waals surface area contributed by atoms with Crippen LogP contribution in [0.4, 0.5) is 0 Å². The SMILES string of the molecule is Cc1ccc(S(=O)(=O)O)cc1.O=C(O)C1(c2ccccc2)CCNCC1. The summed E-state index contributed by atoms with van der Waals surface area (Å²) in [5, 5.41) is 12.6. The third-order valence-electron chi connectivity index (χ3n) is 4.51. The Morgan fingerprint density at radius 2 is 1.54 bits per heavy atom. The maximum atomic E-state index is 11.4. The standard InChI is InChI=1S/C12H15NO2.C7H8O3S/c14-11(15)12(6-8-13-9-7-12)10-4-2-1-3-5-10;1-6-2-4-7(5-3-6)11(8,9)10/h1-5,13H,6-9H2,(H,14,15);2-5H,1H3,(H,8,9,10). The molecule has 3 N–H and O–H groups in total. The van der Waals surface area contributed by atoms with Crippen molar-refractivity contribution >= 4 is 16.1 Å². The first-order valence-electron chi connectivity index (χ1n) is 8.29. The van der Waals surface area contributed by atoms with E-state index in [2.05, 4.69) is 5.32 Å². The molecule has 2 aromatic carbocycles. The number of rotatable bonds is 3. The normalized spacial score (nSPS) is 16.2. The molecule has 1 aliphatic rings. The van der Waals surface area contributed by atoms with Gasteiger partial charge in [0.15, 0.2) is 0 Å². The maximum absolute atomic E-state index is 11.4. The van der Waals surface area contributed by atoms with Crippen LogP contribution in [0, 0.1) is 6.92 Å². The van der Waals surface area contributed by atoms with Crippen molar-refractivity contribution < 1.29 is 22.9 Å². The second kappa shape index (κ2) is 8.44. The van der Waals surface area contributed by atoms with Crippen LogP contribution >= 0.6 is 0 Å². The Morgan fingerprint density at radius 1 is 1.00 bits per heavy atom. The molecule has 0 atom stereocenters. The highest BCUT2D eigenvalue weighted by atomic mass is 32.2. The summed E-state index contributed by atoms with van der Waals surface area (Å²) in [4.78, 5) is 11.4. The van der Waals surface area contributed by atoms with Crippen molar-refractivity contribution in [2.45, 2.75) is 30.1 Å². The fourth-order valence-corrected chi connectivity index (χ4v) is 3.43. The van der Waals surface area contributed by atoms with Crippen LogP contribution in [0.3, 0.4) is 0 Å². The molecule has 0 spiro atoms. The lowest BCUT2D eigenvalue weighted by Crippen LogP contribution is -2.45. The van der Waals surface area contributed by atoms with E-state index < -0.39 is 21.5 Å². The second-order valence-corrected chi connectivity index (χ2v) is 7.71. The lowest BCUT2D eigenvalue weighted by atomic mass is 9.73. The molecule has 1 heterocycles. The summed E-state index contributed by atoms with van der Waals surface area (Å²) in [6.07, 6.45) is 1.35. The number of carboxylic acid groups (broad SMARTS) is 1. The van der Waals surface area contributed by atoms with Crippen LogP contribution in [-0.2, 0) is 20.3 Å². The van der Waals surface area contributed by atoms with Gasteiger partial charge in [-0.15, -0.1) is 0 Å². The monoisotopic (exact) mass is 377 g/mol. The van der Waals surface area contributed by atoms with Gasteiger partial charge in [0, 0.05) is 0 Å². The lowest BCUT2D eigenvalue weighted by molar-refractivity contribution is -0.145. The third-order valence-corrected chi connectivity index (χ3v) is 5.38. The van der Waals surface area contributed by atoms with Crippen LogP contribution in [0.2, 0.25) is 0 Å². The highest BCUT2D eigenvalue weighted by Crippen LogP contribution is 2.33. The zero-order valence-electron chi connectivity index (χ0n) is 14.6. The molecule has 26 heavy (non-hydrogen) atoms. The fraction of sp³-hybridized carbons (Fsp3) is 0.316. The number of benzene rings is 2. The van der Waals surface area contributed by atoms with Gasteiger partial charge in [-0.3, -0.25) is 9.35 Å². The zero-order chi connectivity index (χ0) is 19.2. The topological polar surface area (TPSA) is 104 Å². The van der Waals surface area contributed by atoms with Crippen molar-refractivity contribution in [2.24, 2.45) is 0 Å². The van der Waals surface area contributed by atoms with Crippen LogP contribution < -0.4 is 5.32 Å². The molecule has 0 aliphatic carbocycles. The van der Waals surface area contributed by atoms with Crippen LogP contribution in [0.15, 0.2) is 59.5 Å². The molecule has 140 valence electrons. The quantitative estimate of drug-likeness (QED) is 0.711. The Balaban J connectivity index is 0.000000197. The van der Waals surface area contributed by atoms with E-state index in [4.69, 9.17) is 4.55 Å². The predicted octanol–water partition coefficient (Wildman–Crippen LogP) is 2.63. The van der Waals surface area contributed by atoms with Crippen LogP contribution in [0.25, 0.3) is 0 Å². The Bertz CT molecular complexity index is 826. The largest absolute Gasteiger partial charge is 0.481 e. The predicted molar refractivity (Wildman–Crippen MR) is 98.9 cm³/mol. The summed E-state index contributed by atoms with van der Waals surface area (Å²) in [5.41, 5.74) is 1.21. The van der Waals surface area contributed by atoms with Crippen LogP contribution in [0.1, 0.15) is 24.0 Å². The molecule has 3 rings (SSSR count). The number of aryl methyl sites for hydroxylation is 1. The number of hydrogen-bond donors (Lipinski definition) is 3. The molecule has 0 unspecified atom stereocenters. The van der Waals surface area contributed by atoms with Crippen molar-refractivity contribution in [1.82, 2.24) is 5.32 Å². The van der Waals surface area contributed by atoms with E-state index in [-0.39, 0.29) is 4.90 Å². The molecule has 2 aromatic rings. The van der Waals surface area contributed by atoms with Crippen molar-refractivity contribution in [3.63, 3.8) is 0 Å². The van der Waals surface area contributed by atoms with Gasteiger partial charge in [-0.25, -0.2) is 0 Å². The first kappa shape index (κ1) is 20.1. The Morgan fingerprint density at radius 3 is 2.00 bits per heavy atom. The summed E-state index contributed by atoms with van der Waals surface area (Å²) in [6, 6.07) is 15.5. The average molecular weight is 377 g/mol. The second-order valence-electron chi connectivity index (χ2n) is 6.29. The lowest BCUT2D eigenvalue weighted by Gasteiger charge is -2.34. The molecule has 6 nitrogen and oxygen atoms in total. The molecule has 0 radical (unpaired) electrons. The van der Waals surface area contributed by atoms with Gasteiger partial charge < -0.3 is 10.4 Å². The molecule has 0 bridgehead atoms. The molecule has 7 heteroatoms. The molecule has 0 aromatic heterocycles. The van der Waals surface area contributed by atoms with Crippen molar-refractivity contribution in [3.8, 4) is 0 Å². The van der Waals surface area contributed by atoms with Gasteiger partial charge in [-0.1, -0.05) is 48.0 Å². The Hall–Kier alpha value is -2.22. The van der Waals surface area contributed by atoms with Gasteiger partial charge in [0.05, 0.1) is 10.3 Å². The number of piperidine rings is 1. The molecular weight excluding hydrogens is 354 g/mol. The molecule has 0 saturated carbocycles. The van der Waals surface area contributed by atoms with Crippen molar-refractivity contribution in [2.75, 3.05) is 13.1 Å². The third kappa shape index (κ3) is 4.91. The average Bonchev–Trinajstić information content (AvgIpc) is 2.63. The molecule has 1 fully saturated rings. The minimum absolute atomic E-state index is 0.0666. The van der Waals surface area contributed by atoms with Gasteiger partial charge in [0.1, 0.15) is 0 Å². The molecule has 1 aliphatic heterocycles. The maximum Gasteiger partial charge on any atom is 0.314 e. The van der Waals surface area contributed by atoms with E-state index >= 15 is 0 Å². The summed E-state index contributed by atoms with van der Waals surface area (Å²) in [5.74, 6) is -0.699. The van der Waals surface area contributed by atoms with E-state index in [9.17, 15) is 18.3 Å². The molecular formula is C19H23NO5S. The smallest absolute Gasteiger partial charge is 0.314 e.